The van der Waals surface area contributed by atoms with Gasteiger partial charge in [0.05, 0.1) is 0 Å². The van der Waals surface area contributed by atoms with Crippen molar-refractivity contribution in [2.45, 2.75) is 129 Å². The van der Waals surface area contributed by atoms with Crippen molar-refractivity contribution in [1.82, 2.24) is 4.98 Å². The Balaban J connectivity index is 1.14. The standard InChI is InChI=1S/C32H50N2/c1-2-3-4-5-6-7-8-9-10-11-12-13-14-15-16-17-18-19-20-27-21-23-29-30-26-28(33)22-24-31(30)34-32(29)25-27/h21-26,34H,2-20,33H2,1H3. The summed E-state index contributed by atoms with van der Waals surface area (Å²) in [5, 5.41) is 2.51. The van der Waals surface area contributed by atoms with Gasteiger partial charge in [0.2, 0.25) is 0 Å². The highest BCUT2D eigenvalue weighted by molar-refractivity contribution is 6.08. The van der Waals surface area contributed by atoms with E-state index < -0.39 is 0 Å². The van der Waals surface area contributed by atoms with Crippen molar-refractivity contribution in [2.24, 2.45) is 0 Å². The van der Waals surface area contributed by atoms with Crippen LogP contribution in [-0.2, 0) is 6.42 Å². The second-order valence-corrected chi connectivity index (χ2v) is 10.6. The van der Waals surface area contributed by atoms with Crippen LogP contribution < -0.4 is 5.73 Å². The van der Waals surface area contributed by atoms with Crippen molar-refractivity contribution in [2.75, 3.05) is 5.73 Å². The van der Waals surface area contributed by atoms with Crippen LogP contribution >= 0.6 is 0 Å². The van der Waals surface area contributed by atoms with Crippen molar-refractivity contribution < 1.29 is 0 Å². The second kappa shape index (κ2) is 15.8. The summed E-state index contributed by atoms with van der Waals surface area (Å²) >= 11 is 0. The number of nitrogens with one attached hydrogen (secondary N) is 1. The molecule has 0 amide bonds. The molecule has 1 aromatic heterocycles. The van der Waals surface area contributed by atoms with Crippen LogP contribution in [0, 0.1) is 0 Å². The Kier molecular flexibility index (Phi) is 12.4. The molecule has 0 bridgehead atoms. The van der Waals surface area contributed by atoms with Gasteiger partial charge in [-0.05, 0) is 42.7 Å². The van der Waals surface area contributed by atoms with Crippen molar-refractivity contribution in [3.8, 4) is 0 Å². The average molecular weight is 463 g/mol. The lowest BCUT2D eigenvalue weighted by Crippen LogP contribution is -1.87. The number of H-pyrrole nitrogens is 1. The Hall–Kier alpha value is -1.96. The number of unbranched alkanes of at least 4 members (excludes halogenated alkanes) is 17. The first-order valence-electron chi connectivity index (χ1n) is 14.6. The average Bonchev–Trinajstić information content (AvgIpc) is 3.20. The topological polar surface area (TPSA) is 41.8 Å². The van der Waals surface area contributed by atoms with E-state index in [1.54, 1.807) is 0 Å². The lowest BCUT2D eigenvalue weighted by Gasteiger charge is -2.04. The first kappa shape index (κ1) is 26.6. The van der Waals surface area contributed by atoms with Crippen LogP contribution in [0.5, 0.6) is 0 Å². The van der Waals surface area contributed by atoms with Crippen molar-refractivity contribution in [1.29, 1.82) is 0 Å². The molecule has 3 N–H and O–H groups in total. The molecule has 0 aliphatic rings. The summed E-state index contributed by atoms with van der Waals surface area (Å²) in [4.78, 5) is 3.55. The fourth-order valence-electron chi connectivity index (χ4n) is 5.35. The molecule has 34 heavy (non-hydrogen) atoms. The minimum absolute atomic E-state index is 0.830. The first-order chi connectivity index (χ1) is 16.8. The van der Waals surface area contributed by atoms with Gasteiger partial charge >= 0.3 is 0 Å². The number of nitrogen functional groups attached to an aromatic ring is 1. The molecule has 3 rings (SSSR count). The highest BCUT2D eigenvalue weighted by atomic mass is 14.7. The summed E-state index contributed by atoms with van der Waals surface area (Å²) in [6.07, 6.45) is 27.0. The Labute approximate surface area is 209 Å². The largest absolute Gasteiger partial charge is 0.399 e. The van der Waals surface area contributed by atoms with Gasteiger partial charge in [-0.25, -0.2) is 0 Å². The number of aryl methyl sites for hydroxylation is 1. The van der Waals surface area contributed by atoms with Gasteiger partial charge in [0.15, 0.2) is 0 Å². The van der Waals surface area contributed by atoms with Crippen molar-refractivity contribution in [3.63, 3.8) is 0 Å². The molecule has 0 aliphatic heterocycles. The quantitative estimate of drug-likeness (QED) is 0.135. The zero-order chi connectivity index (χ0) is 23.8. The van der Waals surface area contributed by atoms with E-state index in [0.717, 1.165) is 5.69 Å². The number of aromatic amines is 1. The molecule has 1 heterocycles. The van der Waals surface area contributed by atoms with Crippen LogP contribution in [-0.4, -0.2) is 4.98 Å². The Morgan fingerprint density at radius 2 is 1.06 bits per heavy atom. The molecule has 0 atom stereocenters. The van der Waals surface area contributed by atoms with Crippen LogP contribution in [0.25, 0.3) is 21.8 Å². The number of benzene rings is 2. The number of nitrogens with two attached hydrogens (primary N) is 1. The summed E-state index contributed by atoms with van der Waals surface area (Å²) in [5.41, 5.74) is 10.7. The van der Waals surface area contributed by atoms with E-state index in [2.05, 4.69) is 42.2 Å². The highest BCUT2D eigenvalue weighted by Crippen LogP contribution is 2.28. The molecule has 0 saturated heterocycles. The molecule has 2 heteroatoms. The number of aromatic nitrogens is 1. The maximum Gasteiger partial charge on any atom is 0.0467 e. The summed E-state index contributed by atoms with van der Waals surface area (Å²) in [6.45, 7) is 2.30. The fourth-order valence-corrected chi connectivity index (χ4v) is 5.35. The van der Waals surface area contributed by atoms with Gasteiger partial charge in [-0.1, -0.05) is 128 Å². The highest BCUT2D eigenvalue weighted by Gasteiger charge is 2.05. The summed E-state index contributed by atoms with van der Waals surface area (Å²) in [6, 6.07) is 13.0. The van der Waals surface area contributed by atoms with Crippen LogP contribution in [0.15, 0.2) is 36.4 Å². The second-order valence-electron chi connectivity index (χ2n) is 10.6. The maximum absolute atomic E-state index is 5.97. The number of anilines is 1. The smallest absolute Gasteiger partial charge is 0.0467 e. The SMILES string of the molecule is CCCCCCCCCCCCCCCCCCCCc1ccc2c(c1)[nH]c1ccc(N)cc12. The monoisotopic (exact) mass is 462 g/mol. The molecule has 0 aliphatic carbocycles. The summed E-state index contributed by atoms with van der Waals surface area (Å²) in [5.74, 6) is 0. The first-order valence-corrected chi connectivity index (χ1v) is 14.6. The molecule has 2 nitrogen and oxygen atoms in total. The minimum Gasteiger partial charge on any atom is -0.399 e. The van der Waals surface area contributed by atoms with Gasteiger partial charge in [0.25, 0.3) is 0 Å². The zero-order valence-electron chi connectivity index (χ0n) is 22.0. The number of hydrogen-bond donors (Lipinski definition) is 2. The van der Waals surface area contributed by atoms with Gasteiger partial charge in [-0.3, -0.25) is 0 Å². The van der Waals surface area contributed by atoms with Crippen LogP contribution in [0.4, 0.5) is 5.69 Å². The van der Waals surface area contributed by atoms with Gasteiger partial charge in [0, 0.05) is 27.5 Å². The molecule has 0 fully saturated rings. The van der Waals surface area contributed by atoms with Gasteiger partial charge in [0.1, 0.15) is 0 Å². The molecule has 2 aromatic carbocycles. The predicted molar refractivity (Wildman–Crippen MR) is 153 cm³/mol. The third-order valence-corrected chi connectivity index (χ3v) is 7.51. The zero-order valence-corrected chi connectivity index (χ0v) is 22.0. The summed E-state index contributed by atoms with van der Waals surface area (Å²) in [7, 11) is 0. The van der Waals surface area contributed by atoms with Crippen molar-refractivity contribution >= 4 is 27.5 Å². The normalized spacial score (nSPS) is 11.7. The Bertz CT molecular complexity index is 939. The van der Waals surface area contributed by atoms with Crippen LogP contribution in [0.1, 0.15) is 128 Å². The molecular weight excluding hydrogens is 412 g/mol. The van der Waals surface area contributed by atoms with Gasteiger partial charge in [-0.2, -0.15) is 0 Å². The number of hydrogen-bond acceptors (Lipinski definition) is 1. The number of rotatable bonds is 19. The number of fused-ring (bicyclic) bond motifs is 3. The Morgan fingerprint density at radius 3 is 1.62 bits per heavy atom. The summed E-state index contributed by atoms with van der Waals surface area (Å²) < 4.78 is 0. The third-order valence-electron chi connectivity index (χ3n) is 7.51. The maximum atomic E-state index is 5.97. The molecule has 0 radical (unpaired) electrons. The van der Waals surface area contributed by atoms with Crippen molar-refractivity contribution in [3.05, 3.63) is 42.0 Å². The Morgan fingerprint density at radius 1 is 0.529 bits per heavy atom. The minimum atomic E-state index is 0.830. The van der Waals surface area contributed by atoms with Gasteiger partial charge in [-0.15, -0.1) is 0 Å². The van der Waals surface area contributed by atoms with E-state index in [1.807, 2.05) is 6.07 Å². The molecule has 0 unspecified atom stereocenters. The van der Waals surface area contributed by atoms with Gasteiger partial charge < -0.3 is 10.7 Å². The lowest BCUT2D eigenvalue weighted by atomic mass is 10.0. The molecule has 188 valence electrons. The van der Waals surface area contributed by atoms with E-state index in [0.29, 0.717) is 0 Å². The molecule has 0 saturated carbocycles. The van der Waals surface area contributed by atoms with E-state index in [-0.39, 0.29) is 0 Å². The fraction of sp³-hybridized carbons (Fsp3) is 0.625. The molecule has 3 aromatic rings. The van der Waals surface area contributed by atoms with E-state index >= 15 is 0 Å². The van der Waals surface area contributed by atoms with E-state index in [9.17, 15) is 0 Å². The predicted octanol–water partition coefficient (Wildman–Crippen LogP) is 10.5. The third kappa shape index (κ3) is 9.35. The lowest BCUT2D eigenvalue weighted by molar-refractivity contribution is 0.525. The van der Waals surface area contributed by atoms with Crippen LogP contribution in [0.3, 0.4) is 0 Å². The molecular formula is C32H50N2. The van der Waals surface area contributed by atoms with Crippen LogP contribution in [0.2, 0.25) is 0 Å². The van der Waals surface area contributed by atoms with E-state index in [4.69, 9.17) is 5.73 Å². The molecule has 0 spiro atoms. The van der Waals surface area contributed by atoms with E-state index in [1.165, 1.54) is 149 Å².